The van der Waals surface area contributed by atoms with Crippen molar-refractivity contribution in [3.8, 4) is 0 Å². The minimum Gasteiger partial charge on any atom is -0.343 e. The number of carbonyl (C=O) groups is 1. The van der Waals surface area contributed by atoms with E-state index in [1.54, 1.807) is 35.4 Å². The molecule has 0 saturated carbocycles. The predicted octanol–water partition coefficient (Wildman–Crippen LogP) is 4.88. The monoisotopic (exact) mass is 402 g/mol. The summed E-state index contributed by atoms with van der Waals surface area (Å²) in [5, 5.41) is 5.44. The van der Waals surface area contributed by atoms with Crippen LogP contribution in [0.2, 0.25) is 5.02 Å². The zero-order valence-corrected chi connectivity index (χ0v) is 16.4. The molecule has 0 aliphatic heterocycles. The Morgan fingerprint density at radius 1 is 1.15 bits per heavy atom. The minimum absolute atomic E-state index is 0.132. The Labute approximate surface area is 167 Å². The molecule has 0 unspecified atom stereocenters. The van der Waals surface area contributed by atoms with Crippen LogP contribution in [0.15, 0.2) is 66.0 Å². The van der Waals surface area contributed by atoms with Crippen LogP contribution >= 0.6 is 22.9 Å². The van der Waals surface area contributed by atoms with E-state index >= 15 is 0 Å². The van der Waals surface area contributed by atoms with Gasteiger partial charge in [0, 0.05) is 22.0 Å². The number of rotatable bonds is 7. The average molecular weight is 403 g/mol. The third-order valence-corrected chi connectivity index (χ3v) is 5.46. The molecule has 27 heavy (non-hydrogen) atoms. The van der Waals surface area contributed by atoms with Gasteiger partial charge in [-0.25, -0.2) is 4.39 Å². The van der Waals surface area contributed by atoms with Crippen LogP contribution in [0.25, 0.3) is 0 Å². The van der Waals surface area contributed by atoms with Crippen molar-refractivity contribution in [1.29, 1.82) is 0 Å². The molecule has 2 aromatic carbocycles. The molecule has 0 aliphatic rings. The molecule has 1 atom stereocenters. The molecule has 0 aliphatic carbocycles. The highest BCUT2D eigenvalue weighted by molar-refractivity contribution is 7.10. The normalized spacial score (nSPS) is 12.1. The summed E-state index contributed by atoms with van der Waals surface area (Å²) in [6, 6.07) is 18.2. The van der Waals surface area contributed by atoms with Crippen LogP contribution in [-0.2, 0) is 11.3 Å². The molecule has 0 spiro atoms. The zero-order valence-electron chi connectivity index (χ0n) is 14.9. The maximum absolute atomic E-state index is 14.0. The summed E-state index contributed by atoms with van der Waals surface area (Å²) in [6.07, 6.45) is 0. The minimum atomic E-state index is -0.365. The Hall–Kier alpha value is -2.21. The van der Waals surface area contributed by atoms with Crippen LogP contribution in [0.4, 0.5) is 4.39 Å². The van der Waals surface area contributed by atoms with Crippen LogP contribution in [0.3, 0.4) is 0 Å². The summed E-state index contributed by atoms with van der Waals surface area (Å²) in [5.74, 6) is -0.497. The van der Waals surface area contributed by atoms with Gasteiger partial charge in [0.25, 0.3) is 0 Å². The fourth-order valence-electron chi connectivity index (χ4n) is 2.88. The number of thiophene rings is 1. The Bertz CT molecular complexity index is 866. The first-order chi connectivity index (χ1) is 13.0. The van der Waals surface area contributed by atoms with Crippen LogP contribution in [0.5, 0.6) is 0 Å². The maximum Gasteiger partial charge on any atom is 0.234 e. The molecule has 140 valence electrons. The first-order valence-electron chi connectivity index (χ1n) is 8.53. The van der Waals surface area contributed by atoms with Crippen LogP contribution < -0.4 is 5.32 Å². The van der Waals surface area contributed by atoms with Gasteiger partial charge >= 0.3 is 0 Å². The smallest absolute Gasteiger partial charge is 0.234 e. The van der Waals surface area contributed by atoms with Gasteiger partial charge in [-0.15, -0.1) is 11.3 Å². The number of amides is 1. The Balaban J connectivity index is 1.68. The van der Waals surface area contributed by atoms with Gasteiger partial charge in [0.1, 0.15) is 5.82 Å². The van der Waals surface area contributed by atoms with Crippen molar-refractivity contribution in [1.82, 2.24) is 10.2 Å². The predicted molar refractivity (Wildman–Crippen MR) is 108 cm³/mol. The fraction of sp³-hybridized carbons (Fsp3) is 0.190. The van der Waals surface area contributed by atoms with Crippen molar-refractivity contribution >= 4 is 28.8 Å². The van der Waals surface area contributed by atoms with E-state index in [9.17, 15) is 9.18 Å². The molecule has 3 nitrogen and oxygen atoms in total. The van der Waals surface area contributed by atoms with E-state index in [2.05, 4.69) is 5.32 Å². The number of nitrogens with zero attached hydrogens (tertiary/aromatic N) is 1. The first-order valence-corrected chi connectivity index (χ1v) is 9.79. The van der Waals surface area contributed by atoms with Crippen LogP contribution in [-0.4, -0.2) is 24.4 Å². The van der Waals surface area contributed by atoms with Gasteiger partial charge in [-0.2, -0.15) is 0 Å². The molecule has 6 heteroatoms. The van der Waals surface area contributed by atoms with Crippen LogP contribution in [0.1, 0.15) is 22.0 Å². The molecular formula is C21H20ClFN2OS. The van der Waals surface area contributed by atoms with E-state index in [0.29, 0.717) is 10.6 Å². The van der Waals surface area contributed by atoms with Gasteiger partial charge < -0.3 is 5.32 Å². The second kappa shape index (κ2) is 9.13. The highest BCUT2D eigenvalue weighted by Gasteiger charge is 2.19. The SMILES string of the molecule is CN(CC(=O)N[C@@H](c1ccccc1)c1cccs1)Cc1c(F)cccc1Cl. The molecule has 0 fully saturated rings. The molecule has 1 heterocycles. The van der Waals surface area contributed by atoms with Crippen LogP contribution in [0, 0.1) is 5.82 Å². The number of hydrogen-bond acceptors (Lipinski definition) is 3. The van der Waals surface area contributed by atoms with E-state index in [-0.39, 0.29) is 30.9 Å². The third-order valence-electron chi connectivity index (χ3n) is 4.17. The number of carbonyl (C=O) groups excluding carboxylic acids is 1. The average Bonchev–Trinajstić information content (AvgIpc) is 3.18. The fourth-order valence-corrected chi connectivity index (χ4v) is 3.91. The van der Waals surface area contributed by atoms with Gasteiger partial charge in [-0.3, -0.25) is 9.69 Å². The third kappa shape index (κ3) is 5.16. The summed E-state index contributed by atoms with van der Waals surface area (Å²) >= 11 is 7.67. The van der Waals surface area contributed by atoms with Crippen molar-refractivity contribution in [3.63, 3.8) is 0 Å². The molecule has 0 bridgehead atoms. The lowest BCUT2D eigenvalue weighted by molar-refractivity contribution is -0.122. The van der Waals surface area contributed by atoms with Crippen molar-refractivity contribution in [3.05, 3.63) is 92.9 Å². The number of hydrogen-bond donors (Lipinski definition) is 1. The van der Waals surface area contributed by atoms with Gasteiger partial charge in [0.15, 0.2) is 0 Å². The highest BCUT2D eigenvalue weighted by Crippen LogP contribution is 2.26. The van der Waals surface area contributed by atoms with Crippen molar-refractivity contribution in [2.75, 3.05) is 13.6 Å². The number of halogens is 2. The second-order valence-corrected chi connectivity index (χ2v) is 7.69. The van der Waals surface area contributed by atoms with E-state index in [1.165, 1.54) is 6.07 Å². The number of nitrogens with one attached hydrogen (secondary N) is 1. The molecule has 1 N–H and O–H groups in total. The summed E-state index contributed by atoms with van der Waals surface area (Å²) < 4.78 is 14.0. The standard InChI is InChI=1S/C21H20ClFN2OS/c1-25(13-16-17(22)9-5-10-18(16)23)14-20(26)24-21(19-11-6-12-27-19)15-7-3-2-4-8-15/h2-12,21H,13-14H2,1H3,(H,24,26)/t21-/m0/s1. The van der Waals surface area contributed by atoms with Crippen molar-refractivity contribution in [2.24, 2.45) is 0 Å². The highest BCUT2D eigenvalue weighted by atomic mass is 35.5. The summed E-state index contributed by atoms with van der Waals surface area (Å²) in [4.78, 5) is 15.4. The van der Waals surface area contributed by atoms with Crippen molar-refractivity contribution < 1.29 is 9.18 Å². The van der Waals surface area contributed by atoms with E-state index in [4.69, 9.17) is 11.6 Å². The molecule has 1 aromatic heterocycles. The molecule has 0 saturated heterocycles. The quantitative estimate of drug-likeness (QED) is 0.611. The van der Waals surface area contributed by atoms with Crippen molar-refractivity contribution in [2.45, 2.75) is 12.6 Å². The second-order valence-electron chi connectivity index (χ2n) is 6.30. The Kier molecular flexibility index (Phi) is 6.61. The van der Waals surface area contributed by atoms with Gasteiger partial charge in [-0.05, 0) is 36.2 Å². The number of benzene rings is 2. The number of likely N-dealkylation sites (N-methyl/N-ethyl adjacent to an activating group) is 1. The molecular weight excluding hydrogens is 383 g/mol. The largest absolute Gasteiger partial charge is 0.343 e. The lowest BCUT2D eigenvalue weighted by Gasteiger charge is -2.21. The summed E-state index contributed by atoms with van der Waals surface area (Å²) in [6.45, 7) is 0.396. The molecule has 3 rings (SSSR count). The van der Waals surface area contributed by atoms with E-state index in [1.807, 2.05) is 47.8 Å². The van der Waals surface area contributed by atoms with E-state index in [0.717, 1.165) is 10.4 Å². The van der Waals surface area contributed by atoms with Gasteiger partial charge in [0.05, 0.1) is 12.6 Å². The van der Waals surface area contributed by atoms with Gasteiger partial charge in [-0.1, -0.05) is 54.1 Å². The molecule has 1 amide bonds. The first kappa shape index (κ1) is 19.5. The van der Waals surface area contributed by atoms with E-state index < -0.39 is 0 Å². The Morgan fingerprint density at radius 3 is 2.59 bits per heavy atom. The maximum atomic E-state index is 14.0. The summed E-state index contributed by atoms with van der Waals surface area (Å²) in [5.41, 5.74) is 1.42. The zero-order chi connectivity index (χ0) is 19.2. The lowest BCUT2D eigenvalue weighted by Crippen LogP contribution is -2.37. The Morgan fingerprint density at radius 2 is 1.93 bits per heavy atom. The topological polar surface area (TPSA) is 32.3 Å². The lowest BCUT2D eigenvalue weighted by atomic mass is 10.1. The van der Waals surface area contributed by atoms with Gasteiger partial charge in [0.2, 0.25) is 5.91 Å². The molecule has 0 radical (unpaired) electrons. The summed E-state index contributed by atoms with van der Waals surface area (Å²) in [7, 11) is 1.77. The molecule has 3 aromatic rings.